The standard InChI is InChI=1S/C32H19N3/c33-20-23-12-9-13-24(21-34)30(23)27-18-19-29-32(31(27)22-10-3-1-4-11-22)26-16-7-8-17-28(26)35(29)25-14-5-2-6-15-25/h1-19H. The first-order valence-corrected chi connectivity index (χ1v) is 11.4. The minimum atomic E-state index is 0.493. The molecule has 0 amide bonds. The van der Waals surface area contributed by atoms with Gasteiger partial charge in [-0.05, 0) is 53.1 Å². The van der Waals surface area contributed by atoms with Crippen LogP contribution in [0.1, 0.15) is 11.1 Å². The first-order valence-electron chi connectivity index (χ1n) is 11.4. The van der Waals surface area contributed by atoms with Gasteiger partial charge in [0.2, 0.25) is 0 Å². The normalized spacial score (nSPS) is 10.8. The Morgan fingerprint density at radius 1 is 0.514 bits per heavy atom. The van der Waals surface area contributed by atoms with E-state index in [1.165, 1.54) is 0 Å². The number of fused-ring (bicyclic) bond motifs is 3. The van der Waals surface area contributed by atoms with Crippen LogP contribution in [0.25, 0.3) is 49.7 Å². The molecule has 3 heteroatoms. The number of benzene rings is 5. The molecule has 0 atom stereocenters. The molecule has 3 nitrogen and oxygen atoms in total. The summed E-state index contributed by atoms with van der Waals surface area (Å²) in [5, 5.41) is 22.1. The molecule has 6 aromatic rings. The van der Waals surface area contributed by atoms with Crippen LogP contribution in [0.5, 0.6) is 0 Å². The summed E-state index contributed by atoms with van der Waals surface area (Å²) in [5.41, 5.74) is 7.88. The predicted octanol–water partition coefficient (Wildman–Crippen LogP) is 7.86. The fourth-order valence-electron chi connectivity index (χ4n) is 5.06. The van der Waals surface area contributed by atoms with E-state index >= 15 is 0 Å². The molecular formula is C32H19N3. The molecule has 0 spiro atoms. The third-order valence-corrected chi connectivity index (χ3v) is 6.49. The van der Waals surface area contributed by atoms with Crippen molar-refractivity contribution in [3.8, 4) is 40.1 Å². The van der Waals surface area contributed by atoms with E-state index in [-0.39, 0.29) is 0 Å². The minimum Gasteiger partial charge on any atom is -0.309 e. The Balaban J connectivity index is 1.85. The van der Waals surface area contributed by atoms with Crippen molar-refractivity contribution in [1.29, 1.82) is 10.5 Å². The Morgan fingerprint density at radius 2 is 1.14 bits per heavy atom. The van der Waals surface area contributed by atoms with Gasteiger partial charge in [0.05, 0.1) is 34.3 Å². The molecule has 1 aromatic heterocycles. The number of para-hydroxylation sites is 2. The molecule has 0 aliphatic rings. The van der Waals surface area contributed by atoms with Crippen LogP contribution in [-0.4, -0.2) is 4.57 Å². The Hall–Kier alpha value is -5.12. The van der Waals surface area contributed by atoms with Crippen molar-refractivity contribution < 1.29 is 0 Å². The summed E-state index contributed by atoms with van der Waals surface area (Å²) < 4.78 is 2.28. The van der Waals surface area contributed by atoms with Crippen LogP contribution in [-0.2, 0) is 0 Å². The second-order valence-electron chi connectivity index (χ2n) is 8.39. The largest absolute Gasteiger partial charge is 0.309 e. The van der Waals surface area contributed by atoms with Crippen LogP contribution in [0.15, 0.2) is 115 Å². The molecule has 1 heterocycles. The van der Waals surface area contributed by atoms with Crippen LogP contribution >= 0.6 is 0 Å². The lowest BCUT2D eigenvalue weighted by molar-refractivity contribution is 1.18. The van der Waals surface area contributed by atoms with Gasteiger partial charge >= 0.3 is 0 Å². The van der Waals surface area contributed by atoms with Gasteiger partial charge in [-0.2, -0.15) is 10.5 Å². The van der Waals surface area contributed by atoms with Crippen LogP contribution < -0.4 is 0 Å². The third-order valence-electron chi connectivity index (χ3n) is 6.49. The van der Waals surface area contributed by atoms with Crippen LogP contribution in [0.4, 0.5) is 0 Å². The van der Waals surface area contributed by atoms with E-state index in [9.17, 15) is 10.5 Å². The monoisotopic (exact) mass is 445 g/mol. The topological polar surface area (TPSA) is 52.5 Å². The van der Waals surface area contributed by atoms with Crippen LogP contribution in [0.3, 0.4) is 0 Å². The smallest absolute Gasteiger partial charge is 0.0998 e. The van der Waals surface area contributed by atoms with E-state index in [4.69, 9.17) is 0 Å². The van der Waals surface area contributed by atoms with Gasteiger partial charge in [-0.3, -0.25) is 0 Å². The van der Waals surface area contributed by atoms with Gasteiger partial charge in [-0.25, -0.2) is 0 Å². The summed E-state index contributed by atoms with van der Waals surface area (Å²) in [6, 6.07) is 43.1. The Labute approximate surface area is 203 Å². The second-order valence-corrected chi connectivity index (χ2v) is 8.39. The van der Waals surface area contributed by atoms with Gasteiger partial charge in [-0.15, -0.1) is 0 Å². The highest BCUT2D eigenvalue weighted by Crippen LogP contribution is 2.45. The second kappa shape index (κ2) is 8.34. The Morgan fingerprint density at radius 3 is 1.83 bits per heavy atom. The van der Waals surface area contributed by atoms with Crippen LogP contribution in [0.2, 0.25) is 0 Å². The zero-order valence-corrected chi connectivity index (χ0v) is 18.8. The lowest BCUT2D eigenvalue weighted by Gasteiger charge is -2.16. The van der Waals surface area contributed by atoms with Gasteiger partial charge in [0.1, 0.15) is 0 Å². The Bertz CT molecular complexity index is 1770. The van der Waals surface area contributed by atoms with E-state index in [0.29, 0.717) is 16.7 Å². The van der Waals surface area contributed by atoms with Crippen molar-refractivity contribution in [2.45, 2.75) is 0 Å². The van der Waals surface area contributed by atoms with E-state index in [0.717, 1.165) is 44.2 Å². The SMILES string of the molecule is N#Cc1cccc(C#N)c1-c1ccc2c(c1-c1ccccc1)c1ccccc1n2-c1ccccc1. The highest BCUT2D eigenvalue weighted by molar-refractivity contribution is 6.19. The van der Waals surface area contributed by atoms with Gasteiger partial charge < -0.3 is 4.57 Å². The van der Waals surface area contributed by atoms with Gasteiger partial charge in [-0.1, -0.05) is 78.9 Å². The van der Waals surface area contributed by atoms with Crippen molar-refractivity contribution in [3.63, 3.8) is 0 Å². The molecule has 0 aliphatic heterocycles. The lowest BCUT2D eigenvalue weighted by Crippen LogP contribution is -1.96. The molecule has 162 valence electrons. The number of hydrogen-bond acceptors (Lipinski definition) is 2. The zero-order valence-electron chi connectivity index (χ0n) is 18.8. The maximum absolute atomic E-state index is 9.94. The molecule has 0 saturated carbocycles. The molecule has 35 heavy (non-hydrogen) atoms. The summed E-state index contributed by atoms with van der Waals surface area (Å²) in [7, 11) is 0. The molecule has 0 saturated heterocycles. The average Bonchev–Trinajstić information content (AvgIpc) is 3.27. The average molecular weight is 446 g/mol. The molecule has 6 rings (SSSR count). The summed E-state index contributed by atoms with van der Waals surface area (Å²) in [6.07, 6.45) is 0. The van der Waals surface area contributed by atoms with Gasteiger partial charge in [0.25, 0.3) is 0 Å². The minimum absolute atomic E-state index is 0.493. The number of nitriles is 2. The molecule has 0 aliphatic carbocycles. The van der Waals surface area contributed by atoms with Crippen molar-refractivity contribution in [1.82, 2.24) is 4.57 Å². The maximum Gasteiger partial charge on any atom is 0.0998 e. The third kappa shape index (κ3) is 3.19. The fraction of sp³-hybridized carbons (Fsp3) is 0. The van der Waals surface area contributed by atoms with E-state index in [2.05, 4.69) is 77.4 Å². The lowest BCUT2D eigenvalue weighted by atomic mass is 9.87. The summed E-state index contributed by atoms with van der Waals surface area (Å²) in [4.78, 5) is 0. The molecule has 0 radical (unpaired) electrons. The highest BCUT2D eigenvalue weighted by atomic mass is 15.0. The van der Waals surface area contributed by atoms with E-state index in [1.807, 2.05) is 36.4 Å². The molecule has 0 bridgehead atoms. The van der Waals surface area contributed by atoms with Crippen molar-refractivity contribution in [2.75, 3.05) is 0 Å². The predicted molar refractivity (Wildman–Crippen MR) is 141 cm³/mol. The number of hydrogen-bond donors (Lipinski definition) is 0. The number of nitrogens with zero attached hydrogens (tertiary/aromatic N) is 3. The maximum atomic E-state index is 9.94. The summed E-state index contributed by atoms with van der Waals surface area (Å²) in [6.45, 7) is 0. The van der Waals surface area contributed by atoms with Crippen molar-refractivity contribution in [3.05, 3.63) is 126 Å². The molecular weight excluding hydrogens is 426 g/mol. The molecule has 0 fully saturated rings. The Kier molecular flexibility index (Phi) is 4.88. The highest BCUT2D eigenvalue weighted by Gasteiger charge is 2.22. The van der Waals surface area contributed by atoms with Crippen molar-refractivity contribution >= 4 is 21.8 Å². The summed E-state index contributed by atoms with van der Waals surface area (Å²) in [5.74, 6) is 0. The molecule has 0 N–H and O–H groups in total. The first-order chi connectivity index (χ1) is 17.3. The zero-order chi connectivity index (χ0) is 23.8. The quantitative estimate of drug-likeness (QED) is 0.278. The number of rotatable bonds is 3. The first kappa shape index (κ1) is 20.5. The summed E-state index contributed by atoms with van der Waals surface area (Å²) >= 11 is 0. The molecule has 0 unspecified atom stereocenters. The van der Waals surface area contributed by atoms with Gasteiger partial charge in [0.15, 0.2) is 0 Å². The molecule has 5 aromatic carbocycles. The fourth-order valence-corrected chi connectivity index (χ4v) is 5.06. The van der Waals surface area contributed by atoms with E-state index in [1.54, 1.807) is 18.2 Å². The van der Waals surface area contributed by atoms with E-state index < -0.39 is 0 Å². The van der Waals surface area contributed by atoms with Crippen LogP contribution in [0, 0.1) is 22.7 Å². The van der Waals surface area contributed by atoms with Gasteiger partial charge in [0, 0.05) is 22.0 Å². The number of aromatic nitrogens is 1. The van der Waals surface area contributed by atoms with Crippen molar-refractivity contribution in [2.24, 2.45) is 0 Å².